The molecule has 0 spiro atoms. The van der Waals surface area contributed by atoms with Gasteiger partial charge in [0.05, 0.1) is 11.4 Å². The van der Waals surface area contributed by atoms with E-state index in [1.165, 1.54) is 0 Å². The van der Waals surface area contributed by atoms with Crippen molar-refractivity contribution in [2.75, 3.05) is 22.9 Å². The smallest absolute Gasteiger partial charge is 0.191 e. The van der Waals surface area contributed by atoms with E-state index in [2.05, 4.69) is 5.32 Å². The van der Waals surface area contributed by atoms with E-state index >= 15 is 0 Å². The van der Waals surface area contributed by atoms with Crippen LogP contribution in [0.1, 0.15) is 0 Å². The molecule has 14 heavy (non-hydrogen) atoms. The maximum absolute atomic E-state index is 10.9. The summed E-state index contributed by atoms with van der Waals surface area (Å²) in [6.07, 6.45) is 0. The summed E-state index contributed by atoms with van der Waals surface area (Å²) >= 11 is 0. The van der Waals surface area contributed by atoms with Crippen molar-refractivity contribution in [2.24, 2.45) is 0 Å². The molecule has 0 atom stereocenters. The summed E-state index contributed by atoms with van der Waals surface area (Å²) in [5.41, 5.74) is 6.59. The number of hydrogen-bond donors (Lipinski definition) is 3. The van der Waals surface area contributed by atoms with Gasteiger partial charge in [-0.05, 0) is 12.1 Å². The highest BCUT2D eigenvalue weighted by molar-refractivity contribution is 7.91. The monoisotopic (exact) mass is 216 g/mol. The fraction of sp³-hybridized carbons (Fsp3) is 0.250. The van der Waals surface area contributed by atoms with E-state index in [0.717, 1.165) is 0 Å². The third kappa shape index (κ3) is 2.90. The Hall–Kier alpha value is -1.27. The standard InChI is InChI=1S/C8H12N2O3S/c9-7-3-1-2-4-8(7)10-5-14(12,13)6-11/h1-4,10-11H,5-6,9H2. The number of aliphatic hydroxyl groups is 1. The summed E-state index contributed by atoms with van der Waals surface area (Å²) in [5, 5.41) is 11.1. The number of hydrogen-bond acceptors (Lipinski definition) is 5. The van der Waals surface area contributed by atoms with Crippen LogP contribution in [0, 0.1) is 0 Å². The van der Waals surface area contributed by atoms with Gasteiger partial charge in [0.2, 0.25) is 0 Å². The third-order valence-corrected chi connectivity index (χ3v) is 2.62. The van der Waals surface area contributed by atoms with E-state index in [-0.39, 0.29) is 5.88 Å². The van der Waals surface area contributed by atoms with Crippen LogP contribution in [0.2, 0.25) is 0 Å². The maximum Gasteiger partial charge on any atom is 0.191 e. The normalized spacial score (nSPS) is 11.2. The quantitative estimate of drug-likeness (QED) is 0.616. The molecule has 0 heterocycles. The minimum absolute atomic E-state index is 0.322. The van der Waals surface area contributed by atoms with Crippen molar-refractivity contribution in [3.63, 3.8) is 0 Å². The number of anilines is 2. The van der Waals surface area contributed by atoms with E-state index in [9.17, 15) is 8.42 Å². The Balaban J connectivity index is 2.68. The number of benzene rings is 1. The lowest BCUT2D eigenvalue weighted by Gasteiger charge is -2.07. The van der Waals surface area contributed by atoms with Crippen LogP contribution in [0.4, 0.5) is 11.4 Å². The zero-order valence-corrected chi connectivity index (χ0v) is 8.29. The molecule has 0 aliphatic heterocycles. The highest BCUT2D eigenvalue weighted by Crippen LogP contribution is 2.16. The lowest BCUT2D eigenvalue weighted by atomic mass is 10.3. The second-order valence-electron chi connectivity index (χ2n) is 2.78. The van der Waals surface area contributed by atoms with Crippen molar-refractivity contribution in [1.82, 2.24) is 0 Å². The Morgan fingerprint density at radius 2 is 2.00 bits per heavy atom. The average molecular weight is 216 g/mol. The van der Waals surface area contributed by atoms with Gasteiger partial charge in [0.1, 0.15) is 11.8 Å². The van der Waals surface area contributed by atoms with Gasteiger partial charge < -0.3 is 16.2 Å². The zero-order valence-electron chi connectivity index (χ0n) is 7.47. The Morgan fingerprint density at radius 3 is 2.57 bits per heavy atom. The van der Waals surface area contributed by atoms with Crippen LogP contribution in [-0.2, 0) is 9.84 Å². The Morgan fingerprint density at radius 1 is 1.36 bits per heavy atom. The van der Waals surface area contributed by atoms with E-state index in [0.29, 0.717) is 11.4 Å². The van der Waals surface area contributed by atoms with E-state index in [1.54, 1.807) is 24.3 Å². The molecule has 0 saturated carbocycles. The van der Waals surface area contributed by atoms with Crippen molar-refractivity contribution < 1.29 is 13.5 Å². The second-order valence-corrected chi connectivity index (χ2v) is 4.82. The minimum Gasteiger partial charge on any atom is -0.397 e. The number of rotatable bonds is 4. The van der Waals surface area contributed by atoms with E-state index < -0.39 is 15.8 Å². The first-order valence-corrected chi connectivity index (χ1v) is 5.77. The van der Waals surface area contributed by atoms with Gasteiger partial charge in [0.25, 0.3) is 0 Å². The molecule has 1 rings (SSSR count). The summed E-state index contributed by atoms with van der Waals surface area (Å²) < 4.78 is 21.9. The summed E-state index contributed by atoms with van der Waals surface area (Å²) in [6.45, 7) is 0. The van der Waals surface area contributed by atoms with Crippen LogP contribution in [0.5, 0.6) is 0 Å². The lowest BCUT2D eigenvalue weighted by Crippen LogP contribution is -2.17. The third-order valence-electron chi connectivity index (χ3n) is 1.64. The first kappa shape index (κ1) is 10.8. The number of nitrogens with two attached hydrogens (primary N) is 1. The maximum atomic E-state index is 10.9. The van der Waals surface area contributed by atoms with Gasteiger partial charge in [-0.25, -0.2) is 8.42 Å². The molecule has 0 aromatic heterocycles. The number of para-hydroxylation sites is 2. The van der Waals surface area contributed by atoms with Gasteiger partial charge in [-0.1, -0.05) is 12.1 Å². The fourth-order valence-electron chi connectivity index (χ4n) is 0.891. The van der Waals surface area contributed by atoms with Gasteiger partial charge >= 0.3 is 0 Å². The first-order valence-electron chi connectivity index (χ1n) is 3.95. The van der Waals surface area contributed by atoms with Crippen LogP contribution in [0.25, 0.3) is 0 Å². The molecule has 0 fully saturated rings. The number of sulfone groups is 1. The minimum atomic E-state index is -3.45. The number of aliphatic hydroxyl groups excluding tert-OH is 1. The van der Waals surface area contributed by atoms with Gasteiger partial charge in [0, 0.05) is 0 Å². The van der Waals surface area contributed by atoms with Crippen LogP contribution in [-0.4, -0.2) is 25.3 Å². The molecule has 5 nitrogen and oxygen atoms in total. The molecular formula is C8H12N2O3S. The Bertz CT molecular complexity index is 403. The highest BCUT2D eigenvalue weighted by atomic mass is 32.2. The molecule has 1 aromatic carbocycles. The van der Waals surface area contributed by atoms with Crippen molar-refractivity contribution >= 4 is 21.2 Å². The molecule has 0 amide bonds. The largest absolute Gasteiger partial charge is 0.397 e. The van der Waals surface area contributed by atoms with Crippen molar-refractivity contribution in [3.05, 3.63) is 24.3 Å². The molecule has 4 N–H and O–H groups in total. The molecule has 78 valence electrons. The van der Waals surface area contributed by atoms with Crippen LogP contribution in [0.15, 0.2) is 24.3 Å². The summed E-state index contributed by atoms with van der Waals surface area (Å²) in [4.78, 5) is 0. The summed E-state index contributed by atoms with van der Waals surface area (Å²) in [6, 6.07) is 6.82. The lowest BCUT2D eigenvalue weighted by molar-refractivity contribution is 0.359. The van der Waals surface area contributed by atoms with Gasteiger partial charge in [-0.15, -0.1) is 0 Å². The number of nitrogen functional groups attached to an aromatic ring is 1. The van der Waals surface area contributed by atoms with Gasteiger partial charge in [-0.2, -0.15) is 0 Å². The fourth-order valence-corrected chi connectivity index (χ4v) is 1.36. The molecule has 0 aliphatic carbocycles. The Kier molecular flexibility index (Phi) is 3.32. The molecule has 1 aromatic rings. The predicted octanol–water partition coefficient (Wildman–Crippen LogP) is 0.00280. The van der Waals surface area contributed by atoms with Crippen molar-refractivity contribution in [1.29, 1.82) is 0 Å². The van der Waals surface area contributed by atoms with Crippen molar-refractivity contribution in [3.8, 4) is 0 Å². The molecule has 0 aliphatic rings. The average Bonchev–Trinajstić information content (AvgIpc) is 2.17. The van der Waals surface area contributed by atoms with E-state index in [4.69, 9.17) is 10.8 Å². The van der Waals surface area contributed by atoms with Gasteiger partial charge in [-0.3, -0.25) is 0 Å². The predicted molar refractivity (Wildman–Crippen MR) is 55.3 cm³/mol. The Labute approximate surface area is 82.5 Å². The summed E-state index contributed by atoms with van der Waals surface area (Å²) in [5.74, 6) is -1.19. The molecule has 0 saturated heterocycles. The van der Waals surface area contributed by atoms with E-state index in [1.807, 2.05) is 0 Å². The second kappa shape index (κ2) is 4.30. The van der Waals surface area contributed by atoms with Crippen LogP contribution in [0.3, 0.4) is 0 Å². The number of nitrogens with one attached hydrogen (secondary N) is 1. The molecule has 0 bridgehead atoms. The highest BCUT2D eigenvalue weighted by Gasteiger charge is 2.08. The van der Waals surface area contributed by atoms with Crippen LogP contribution >= 0.6 is 0 Å². The molecular weight excluding hydrogens is 204 g/mol. The zero-order chi connectivity index (χ0) is 10.6. The molecule has 0 unspecified atom stereocenters. The summed E-state index contributed by atoms with van der Waals surface area (Å²) in [7, 11) is -3.45. The van der Waals surface area contributed by atoms with Crippen LogP contribution < -0.4 is 11.1 Å². The molecule has 0 radical (unpaired) electrons. The topological polar surface area (TPSA) is 92.4 Å². The molecule has 6 heteroatoms. The SMILES string of the molecule is Nc1ccccc1NCS(=O)(=O)CO. The van der Waals surface area contributed by atoms with Crippen molar-refractivity contribution in [2.45, 2.75) is 0 Å². The first-order chi connectivity index (χ1) is 6.55. The van der Waals surface area contributed by atoms with Gasteiger partial charge in [0.15, 0.2) is 9.84 Å².